The summed E-state index contributed by atoms with van der Waals surface area (Å²) >= 11 is 0. The minimum Gasteiger partial charge on any atom is -0.340 e. The van der Waals surface area contributed by atoms with Crippen molar-refractivity contribution in [2.75, 3.05) is 26.2 Å². The van der Waals surface area contributed by atoms with E-state index in [-0.39, 0.29) is 18.0 Å². The van der Waals surface area contributed by atoms with Gasteiger partial charge < -0.3 is 10.2 Å². The molecule has 110 valence electrons. The number of carbonyl (C=O) groups excluding carboxylic acids is 1. The van der Waals surface area contributed by atoms with E-state index in [2.05, 4.69) is 10.3 Å². The molecule has 0 spiro atoms. The molecule has 0 bridgehead atoms. The van der Waals surface area contributed by atoms with Crippen molar-refractivity contribution in [3.8, 4) is 0 Å². The normalized spacial score (nSPS) is 15.3. The fraction of sp³-hybridized carbons (Fsp3) is 0.385. The van der Waals surface area contributed by atoms with Crippen molar-refractivity contribution in [2.45, 2.75) is 6.42 Å². The average molecular weight is 289 g/mol. The lowest BCUT2D eigenvalue weighted by molar-refractivity contribution is -0.385. The number of pyridine rings is 1. The van der Waals surface area contributed by atoms with E-state index in [9.17, 15) is 14.9 Å². The standard InChI is InChI=1S/C13H15N5O3/c19-13(16-5-3-14-4-6-16)7-10-8-17-9-11(18(20)21)1-2-12(17)15-10/h1-2,8-9,14H,3-7H2. The Hall–Kier alpha value is -2.48. The number of hydrogen-bond acceptors (Lipinski definition) is 5. The molecule has 0 saturated carbocycles. The van der Waals surface area contributed by atoms with Crippen LogP contribution in [-0.4, -0.2) is 51.3 Å². The maximum absolute atomic E-state index is 12.2. The van der Waals surface area contributed by atoms with E-state index in [4.69, 9.17) is 0 Å². The van der Waals surface area contributed by atoms with Gasteiger partial charge >= 0.3 is 0 Å². The Morgan fingerprint density at radius 1 is 1.33 bits per heavy atom. The van der Waals surface area contributed by atoms with Gasteiger partial charge in [0.05, 0.1) is 23.2 Å². The third kappa shape index (κ3) is 2.84. The number of carbonyl (C=O) groups is 1. The SMILES string of the molecule is O=C(Cc1cn2cc([N+](=O)[O-])ccc2n1)N1CCNCC1. The number of fused-ring (bicyclic) bond motifs is 1. The van der Waals surface area contributed by atoms with Gasteiger partial charge in [0, 0.05) is 38.4 Å². The van der Waals surface area contributed by atoms with Gasteiger partial charge in [-0.3, -0.25) is 19.3 Å². The van der Waals surface area contributed by atoms with Crippen LogP contribution in [0.25, 0.3) is 5.65 Å². The van der Waals surface area contributed by atoms with Gasteiger partial charge in [-0.2, -0.15) is 0 Å². The lowest BCUT2D eigenvalue weighted by Crippen LogP contribution is -2.46. The Morgan fingerprint density at radius 3 is 2.81 bits per heavy atom. The van der Waals surface area contributed by atoms with Crippen LogP contribution in [0, 0.1) is 10.1 Å². The summed E-state index contributed by atoms with van der Waals surface area (Å²) in [4.78, 5) is 28.6. The Balaban J connectivity index is 1.77. The maximum atomic E-state index is 12.2. The van der Waals surface area contributed by atoms with Crippen molar-refractivity contribution in [1.82, 2.24) is 19.6 Å². The smallest absolute Gasteiger partial charge is 0.286 e. The second-order valence-electron chi connectivity index (χ2n) is 4.95. The number of imidazole rings is 1. The molecule has 1 N–H and O–H groups in total. The summed E-state index contributed by atoms with van der Waals surface area (Å²) in [6.45, 7) is 3.03. The first-order chi connectivity index (χ1) is 10.1. The molecule has 2 aromatic rings. The second-order valence-corrected chi connectivity index (χ2v) is 4.95. The fourth-order valence-electron chi connectivity index (χ4n) is 2.41. The Bertz CT molecular complexity index is 690. The highest BCUT2D eigenvalue weighted by Crippen LogP contribution is 2.14. The highest BCUT2D eigenvalue weighted by molar-refractivity contribution is 5.78. The first-order valence-corrected chi connectivity index (χ1v) is 6.74. The molecule has 1 aliphatic heterocycles. The third-order valence-electron chi connectivity index (χ3n) is 3.50. The topological polar surface area (TPSA) is 92.8 Å². The number of rotatable bonds is 3. The molecule has 3 heterocycles. The van der Waals surface area contributed by atoms with Crippen molar-refractivity contribution in [2.24, 2.45) is 0 Å². The summed E-state index contributed by atoms with van der Waals surface area (Å²) in [5.74, 6) is 0.0365. The van der Waals surface area contributed by atoms with Crippen molar-refractivity contribution < 1.29 is 9.72 Å². The fourth-order valence-corrected chi connectivity index (χ4v) is 2.41. The van der Waals surface area contributed by atoms with E-state index in [1.165, 1.54) is 12.3 Å². The number of aromatic nitrogens is 2. The molecule has 8 heteroatoms. The number of nitrogens with one attached hydrogen (secondary N) is 1. The lowest BCUT2D eigenvalue weighted by atomic mass is 10.2. The zero-order valence-electron chi connectivity index (χ0n) is 11.4. The maximum Gasteiger partial charge on any atom is 0.286 e. The molecule has 0 unspecified atom stereocenters. The highest BCUT2D eigenvalue weighted by Gasteiger charge is 2.18. The van der Waals surface area contributed by atoms with E-state index < -0.39 is 4.92 Å². The molecule has 1 fully saturated rings. The molecular formula is C13H15N5O3. The van der Waals surface area contributed by atoms with Crippen LogP contribution in [0.1, 0.15) is 5.69 Å². The van der Waals surface area contributed by atoms with Crippen molar-refractivity contribution >= 4 is 17.2 Å². The lowest BCUT2D eigenvalue weighted by Gasteiger charge is -2.27. The molecule has 0 radical (unpaired) electrons. The Labute approximate surface area is 120 Å². The van der Waals surface area contributed by atoms with Gasteiger partial charge in [0.2, 0.25) is 5.91 Å². The molecule has 0 atom stereocenters. The number of nitro groups is 1. The van der Waals surface area contributed by atoms with Crippen LogP contribution in [0.15, 0.2) is 24.5 Å². The highest BCUT2D eigenvalue weighted by atomic mass is 16.6. The zero-order chi connectivity index (χ0) is 14.8. The van der Waals surface area contributed by atoms with Crippen LogP contribution in [0.2, 0.25) is 0 Å². The Kier molecular flexibility index (Phi) is 3.53. The first-order valence-electron chi connectivity index (χ1n) is 6.74. The van der Waals surface area contributed by atoms with E-state index in [0.717, 1.165) is 13.1 Å². The van der Waals surface area contributed by atoms with Gasteiger partial charge in [-0.25, -0.2) is 4.98 Å². The van der Waals surface area contributed by atoms with Crippen molar-refractivity contribution in [1.29, 1.82) is 0 Å². The summed E-state index contributed by atoms with van der Waals surface area (Å²) < 4.78 is 1.58. The van der Waals surface area contributed by atoms with Gasteiger partial charge in [0.25, 0.3) is 5.69 Å². The molecule has 21 heavy (non-hydrogen) atoms. The minimum atomic E-state index is -0.453. The summed E-state index contributed by atoms with van der Waals surface area (Å²) in [5, 5.41) is 13.9. The van der Waals surface area contributed by atoms with Crippen LogP contribution < -0.4 is 5.32 Å². The summed E-state index contributed by atoms with van der Waals surface area (Å²) in [7, 11) is 0. The van der Waals surface area contributed by atoms with Crippen LogP contribution in [0.3, 0.4) is 0 Å². The third-order valence-corrected chi connectivity index (χ3v) is 3.50. The van der Waals surface area contributed by atoms with Gasteiger partial charge in [0.15, 0.2) is 0 Å². The first kappa shape index (κ1) is 13.5. The largest absolute Gasteiger partial charge is 0.340 e. The molecule has 1 amide bonds. The molecule has 1 saturated heterocycles. The van der Waals surface area contributed by atoms with Crippen molar-refractivity contribution in [3.63, 3.8) is 0 Å². The molecule has 2 aromatic heterocycles. The van der Waals surface area contributed by atoms with Crippen LogP contribution in [-0.2, 0) is 11.2 Å². The van der Waals surface area contributed by atoms with Crippen LogP contribution in [0.4, 0.5) is 5.69 Å². The summed E-state index contributed by atoms with van der Waals surface area (Å²) in [6, 6.07) is 2.99. The van der Waals surface area contributed by atoms with E-state index in [0.29, 0.717) is 24.4 Å². The molecule has 3 rings (SSSR count). The Morgan fingerprint density at radius 2 is 2.10 bits per heavy atom. The zero-order valence-corrected chi connectivity index (χ0v) is 11.4. The van der Waals surface area contributed by atoms with Gasteiger partial charge in [0.1, 0.15) is 5.65 Å². The van der Waals surface area contributed by atoms with E-state index in [1.54, 1.807) is 16.7 Å². The molecule has 0 aromatic carbocycles. The number of nitrogens with zero attached hydrogens (tertiary/aromatic N) is 4. The van der Waals surface area contributed by atoms with Crippen LogP contribution in [0.5, 0.6) is 0 Å². The second kappa shape index (κ2) is 5.49. The molecule has 1 aliphatic rings. The van der Waals surface area contributed by atoms with Crippen LogP contribution >= 0.6 is 0 Å². The summed E-state index contributed by atoms with van der Waals surface area (Å²) in [6.07, 6.45) is 3.29. The number of piperazine rings is 1. The summed E-state index contributed by atoms with van der Waals surface area (Å²) in [5.41, 5.74) is 1.22. The predicted octanol–water partition coefficient (Wildman–Crippen LogP) is 0.217. The molecule has 8 nitrogen and oxygen atoms in total. The quantitative estimate of drug-likeness (QED) is 0.644. The minimum absolute atomic E-state index is 0.000110. The number of amides is 1. The van der Waals surface area contributed by atoms with Gasteiger partial charge in [-0.05, 0) is 6.07 Å². The van der Waals surface area contributed by atoms with Gasteiger partial charge in [-0.1, -0.05) is 0 Å². The van der Waals surface area contributed by atoms with E-state index in [1.807, 2.05) is 4.90 Å². The number of hydrogen-bond donors (Lipinski definition) is 1. The predicted molar refractivity (Wildman–Crippen MR) is 75.0 cm³/mol. The van der Waals surface area contributed by atoms with E-state index >= 15 is 0 Å². The van der Waals surface area contributed by atoms with Crippen molar-refractivity contribution in [3.05, 3.63) is 40.3 Å². The molecule has 0 aliphatic carbocycles. The average Bonchev–Trinajstić information content (AvgIpc) is 2.89. The molecular weight excluding hydrogens is 274 g/mol. The monoisotopic (exact) mass is 289 g/mol. The van der Waals surface area contributed by atoms with Gasteiger partial charge in [-0.15, -0.1) is 0 Å².